The standard InChI is InChI=1S/C19H28N2O2S/c1-12(2)10-17-21(16(11-24-17)18(22)20-13(3)4)19(23)15-8-6-14(5)7-9-15/h6-9,12-13,16-17H,10-11H2,1-5H3,(H,20,22). The minimum atomic E-state index is -0.394. The van der Waals surface area contributed by atoms with Crippen molar-refractivity contribution in [1.29, 1.82) is 0 Å². The lowest BCUT2D eigenvalue weighted by atomic mass is 10.1. The van der Waals surface area contributed by atoms with Crippen LogP contribution in [0.5, 0.6) is 0 Å². The van der Waals surface area contributed by atoms with Gasteiger partial charge in [0.15, 0.2) is 0 Å². The third-order valence-corrected chi connectivity index (χ3v) is 5.34. The average molecular weight is 349 g/mol. The first-order valence-electron chi connectivity index (χ1n) is 8.61. The van der Waals surface area contributed by atoms with E-state index in [1.807, 2.05) is 45.0 Å². The van der Waals surface area contributed by atoms with Gasteiger partial charge in [-0.25, -0.2) is 0 Å². The van der Waals surface area contributed by atoms with E-state index in [9.17, 15) is 9.59 Å². The van der Waals surface area contributed by atoms with Gasteiger partial charge in [-0.2, -0.15) is 0 Å². The molecule has 1 aromatic carbocycles. The molecule has 4 nitrogen and oxygen atoms in total. The molecular weight excluding hydrogens is 320 g/mol. The number of hydrogen-bond donors (Lipinski definition) is 1. The maximum Gasteiger partial charge on any atom is 0.255 e. The Morgan fingerprint density at radius 3 is 2.38 bits per heavy atom. The van der Waals surface area contributed by atoms with Gasteiger partial charge < -0.3 is 10.2 Å². The lowest BCUT2D eigenvalue weighted by Crippen LogP contribution is -2.51. The Balaban J connectivity index is 2.26. The number of benzene rings is 1. The van der Waals surface area contributed by atoms with Crippen LogP contribution in [-0.2, 0) is 4.79 Å². The van der Waals surface area contributed by atoms with Gasteiger partial charge in [0.05, 0.1) is 5.37 Å². The zero-order chi connectivity index (χ0) is 17.9. The Labute approximate surface area is 149 Å². The normalized spacial score (nSPS) is 20.7. The van der Waals surface area contributed by atoms with Gasteiger partial charge in [0.1, 0.15) is 6.04 Å². The van der Waals surface area contributed by atoms with Crippen LogP contribution < -0.4 is 5.32 Å². The molecule has 1 saturated heterocycles. The van der Waals surface area contributed by atoms with E-state index in [0.29, 0.717) is 17.2 Å². The number of amides is 2. The Hall–Kier alpha value is -1.49. The molecule has 0 saturated carbocycles. The smallest absolute Gasteiger partial charge is 0.255 e. The molecule has 0 bridgehead atoms. The summed E-state index contributed by atoms with van der Waals surface area (Å²) >= 11 is 1.71. The van der Waals surface area contributed by atoms with Crippen LogP contribution in [0.1, 0.15) is 50.0 Å². The minimum Gasteiger partial charge on any atom is -0.352 e. The van der Waals surface area contributed by atoms with Crippen LogP contribution in [0.4, 0.5) is 0 Å². The van der Waals surface area contributed by atoms with E-state index in [-0.39, 0.29) is 23.2 Å². The van der Waals surface area contributed by atoms with Crippen molar-refractivity contribution in [3.63, 3.8) is 0 Å². The number of carbonyl (C=O) groups is 2. The summed E-state index contributed by atoms with van der Waals surface area (Å²) in [6.07, 6.45) is 0.897. The minimum absolute atomic E-state index is 0.0467. The van der Waals surface area contributed by atoms with Gasteiger partial charge in [0.2, 0.25) is 5.91 Å². The fraction of sp³-hybridized carbons (Fsp3) is 0.579. The molecule has 2 unspecified atom stereocenters. The molecule has 24 heavy (non-hydrogen) atoms. The first-order chi connectivity index (χ1) is 11.3. The van der Waals surface area contributed by atoms with Crippen molar-refractivity contribution in [1.82, 2.24) is 10.2 Å². The molecule has 0 aliphatic carbocycles. The largest absolute Gasteiger partial charge is 0.352 e. The Morgan fingerprint density at radius 2 is 1.83 bits per heavy atom. The SMILES string of the molecule is Cc1ccc(C(=O)N2C(CC(C)C)SCC2C(=O)NC(C)C)cc1. The number of carbonyl (C=O) groups excluding carboxylic acids is 2. The van der Waals surface area contributed by atoms with Crippen LogP contribution in [0.25, 0.3) is 0 Å². The van der Waals surface area contributed by atoms with Gasteiger partial charge in [-0.15, -0.1) is 11.8 Å². The number of aryl methyl sites for hydroxylation is 1. The highest BCUT2D eigenvalue weighted by Gasteiger charge is 2.41. The molecule has 0 aromatic heterocycles. The van der Waals surface area contributed by atoms with Gasteiger partial charge >= 0.3 is 0 Å². The van der Waals surface area contributed by atoms with E-state index < -0.39 is 6.04 Å². The zero-order valence-corrected chi connectivity index (χ0v) is 16.0. The van der Waals surface area contributed by atoms with Gasteiger partial charge in [0.25, 0.3) is 5.91 Å². The van der Waals surface area contributed by atoms with E-state index in [0.717, 1.165) is 12.0 Å². The zero-order valence-electron chi connectivity index (χ0n) is 15.2. The van der Waals surface area contributed by atoms with E-state index >= 15 is 0 Å². The van der Waals surface area contributed by atoms with Crippen molar-refractivity contribution in [2.24, 2.45) is 5.92 Å². The molecule has 1 heterocycles. The van der Waals surface area contributed by atoms with Gasteiger partial charge in [-0.3, -0.25) is 9.59 Å². The fourth-order valence-corrected chi connectivity index (χ4v) is 4.49. The monoisotopic (exact) mass is 348 g/mol. The van der Waals surface area contributed by atoms with Crippen LogP contribution >= 0.6 is 11.8 Å². The molecule has 1 aromatic rings. The predicted octanol–water partition coefficient (Wildman–Crippen LogP) is 3.45. The predicted molar refractivity (Wildman–Crippen MR) is 100 cm³/mol. The van der Waals surface area contributed by atoms with Crippen molar-refractivity contribution in [2.75, 3.05) is 5.75 Å². The molecule has 0 radical (unpaired) electrons. The van der Waals surface area contributed by atoms with E-state index in [1.54, 1.807) is 16.7 Å². The first kappa shape index (κ1) is 18.8. The number of rotatable bonds is 5. The lowest BCUT2D eigenvalue weighted by molar-refractivity contribution is -0.125. The van der Waals surface area contributed by atoms with Crippen LogP contribution in [0.3, 0.4) is 0 Å². The molecule has 2 amide bonds. The van der Waals surface area contributed by atoms with Gasteiger partial charge in [0, 0.05) is 17.4 Å². The number of nitrogens with zero attached hydrogens (tertiary/aromatic N) is 1. The van der Waals surface area contributed by atoms with Crippen molar-refractivity contribution in [2.45, 2.75) is 58.5 Å². The van der Waals surface area contributed by atoms with Crippen LogP contribution in [0.15, 0.2) is 24.3 Å². The van der Waals surface area contributed by atoms with E-state index in [2.05, 4.69) is 19.2 Å². The summed E-state index contributed by atoms with van der Waals surface area (Å²) in [5, 5.41) is 3.01. The first-order valence-corrected chi connectivity index (χ1v) is 9.65. The maximum absolute atomic E-state index is 13.1. The third kappa shape index (κ3) is 4.53. The van der Waals surface area contributed by atoms with Gasteiger partial charge in [-0.1, -0.05) is 31.5 Å². The quantitative estimate of drug-likeness (QED) is 0.887. The molecule has 1 N–H and O–H groups in total. The van der Waals surface area contributed by atoms with Crippen LogP contribution in [0.2, 0.25) is 0 Å². The van der Waals surface area contributed by atoms with Crippen LogP contribution in [0, 0.1) is 12.8 Å². The summed E-state index contributed by atoms with van der Waals surface area (Å²) in [6, 6.07) is 7.27. The molecule has 5 heteroatoms. The summed E-state index contributed by atoms with van der Waals surface area (Å²) in [6.45, 7) is 10.2. The Bertz CT molecular complexity index is 584. The van der Waals surface area contributed by atoms with Crippen molar-refractivity contribution in [3.8, 4) is 0 Å². The molecule has 1 aliphatic rings. The average Bonchev–Trinajstić information content (AvgIpc) is 2.89. The molecule has 132 valence electrons. The summed E-state index contributed by atoms with van der Waals surface area (Å²) in [5.74, 6) is 1.04. The molecule has 2 atom stereocenters. The van der Waals surface area contributed by atoms with Gasteiger partial charge in [-0.05, 0) is 45.2 Å². The highest BCUT2D eigenvalue weighted by atomic mass is 32.2. The molecule has 1 fully saturated rings. The molecule has 2 rings (SSSR count). The second kappa shape index (κ2) is 8.06. The maximum atomic E-state index is 13.1. The Morgan fingerprint density at radius 1 is 1.21 bits per heavy atom. The van der Waals surface area contributed by atoms with Crippen molar-refractivity contribution in [3.05, 3.63) is 35.4 Å². The molecule has 1 aliphatic heterocycles. The van der Waals surface area contributed by atoms with E-state index in [1.165, 1.54) is 0 Å². The highest BCUT2D eigenvalue weighted by Crippen LogP contribution is 2.34. The summed E-state index contributed by atoms with van der Waals surface area (Å²) in [5.41, 5.74) is 1.77. The number of thioether (sulfide) groups is 1. The topological polar surface area (TPSA) is 49.4 Å². The second-order valence-electron chi connectivity index (χ2n) is 7.18. The Kier molecular flexibility index (Phi) is 6.33. The second-order valence-corrected chi connectivity index (χ2v) is 8.39. The van der Waals surface area contributed by atoms with E-state index in [4.69, 9.17) is 0 Å². The van der Waals surface area contributed by atoms with Crippen LogP contribution in [-0.4, -0.2) is 39.9 Å². The lowest BCUT2D eigenvalue weighted by Gasteiger charge is -2.30. The van der Waals surface area contributed by atoms with Crippen molar-refractivity contribution < 1.29 is 9.59 Å². The summed E-state index contributed by atoms with van der Waals surface area (Å²) in [7, 11) is 0. The third-order valence-electron chi connectivity index (χ3n) is 4.03. The fourth-order valence-electron chi connectivity index (χ4n) is 2.85. The van der Waals surface area contributed by atoms with Crippen molar-refractivity contribution >= 4 is 23.6 Å². The summed E-state index contributed by atoms with van der Waals surface area (Å²) in [4.78, 5) is 27.5. The highest BCUT2D eigenvalue weighted by molar-refractivity contribution is 8.00. The number of hydrogen-bond acceptors (Lipinski definition) is 3. The number of nitrogens with one attached hydrogen (secondary N) is 1. The summed E-state index contributed by atoms with van der Waals surface area (Å²) < 4.78 is 0. The molecular formula is C19H28N2O2S. The molecule has 0 spiro atoms.